The fourth-order valence-electron chi connectivity index (χ4n) is 3.08. The van der Waals surface area contributed by atoms with Crippen LogP contribution in [0.4, 0.5) is 9.59 Å². The lowest BCUT2D eigenvalue weighted by molar-refractivity contribution is -0.141. The molecule has 1 heterocycles. The highest BCUT2D eigenvalue weighted by molar-refractivity contribution is 5.80. The Kier molecular flexibility index (Phi) is 7.30. The highest BCUT2D eigenvalue weighted by Crippen LogP contribution is 2.29. The van der Waals surface area contributed by atoms with Crippen molar-refractivity contribution in [2.75, 3.05) is 6.54 Å². The van der Waals surface area contributed by atoms with E-state index >= 15 is 0 Å². The number of benzene rings is 1. The van der Waals surface area contributed by atoms with Gasteiger partial charge in [-0.2, -0.15) is 0 Å². The molecule has 1 aliphatic rings. The molecule has 1 aromatic rings. The molecule has 0 unspecified atom stereocenters. The number of hydrogen-bond acceptors (Lipinski definition) is 6. The molecular weight excluding hydrogens is 392 g/mol. The molecular formula is C21H30N2O7. The maximum absolute atomic E-state index is 12.6. The van der Waals surface area contributed by atoms with E-state index < -0.39 is 41.6 Å². The lowest BCUT2D eigenvalue weighted by Gasteiger charge is -2.29. The molecule has 9 heteroatoms. The number of ether oxygens (including phenoxy) is 3. The zero-order chi connectivity index (χ0) is 22.5. The average Bonchev–Trinajstić information content (AvgIpc) is 2.92. The zero-order valence-electron chi connectivity index (χ0n) is 18.0. The number of rotatable bonds is 6. The van der Waals surface area contributed by atoms with Crippen LogP contribution in [-0.2, 0) is 25.6 Å². The van der Waals surface area contributed by atoms with E-state index in [0.29, 0.717) is 0 Å². The minimum atomic E-state index is -1.22. The molecule has 0 saturated carbocycles. The molecule has 0 radical (unpaired) electrons. The molecule has 1 aromatic carbocycles. The molecule has 9 nitrogen and oxygen atoms in total. The van der Waals surface area contributed by atoms with Gasteiger partial charge in [-0.05, 0) is 40.2 Å². The van der Waals surface area contributed by atoms with Crippen molar-refractivity contribution in [3.63, 3.8) is 0 Å². The van der Waals surface area contributed by atoms with Crippen LogP contribution in [0.2, 0.25) is 0 Å². The number of carbonyl (C=O) groups excluding carboxylic acids is 2. The van der Waals surface area contributed by atoms with Gasteiger partial charge in [0.1, 0.15) is 24.0 Å². The first-order chi connectivity index (χ1) is 13.9. The van der Waals surface area contributed by atoms with Crippen LogP contribution in [-0.4, -0.2) is 58.2 Å². The van der Waals surface area contributed by atoms with Crippen molar-refractivity contribution in [3.8, 4) is 0 Å². The van der Waals surface area contributed by atoms with Gasteiger partial charge in [0.2, 0.25) is 0 Å². The predicted octanol–water partition coefficient (Wildman–Crippen LogP) is 3.13. The molecule has 2 N–H and O–H groups in total. The van der Waals surface area contributed by atoms with Crippen LogP contribution in [0.5, 0.6) is 0 Å². The third-order valence-electron chi connectivity index (χ3n) is 4.40. The lowest BCUT2D eigenvalue weighted by Crippen LogP contribution is -2.45. The van der Waals surface area contributed by atoms with Crippen LogP contribution in [0.3, 0.4) is 0 Å². The number of amides is 2. The van der Waals surface area contributed by atoms with Gasteiger partial charge in [0.05, 0.1) is 12.6 Å². The second kappa shape index (κ2) is 9.34. The minimum Gasteiger partial charge on any atom is -0.480 e. The van der Waals surface area contributed by atoms with E-state index in [2.05, 4.69) is 5.32 Å². The molecule has 0 aromatic heterocycles. The molecule has 1 fully saturated rings. The highest BCUT2D eigenvalue weighted by atomic mass is 16.6. The van der Waals surface area contributed by atoms with Gasteiger partial charge in [-0.25, -0.2) is 14.4 Å². The van der Waals surface area contributed by atoms with Crippen LogP contribution in [0.25, 0.3) is 0 Å². The summed E-state index contributed by atoms with van der Waals surface area (Å²) in [7, 11) is 0. The Morgan fingerprint density at radius 2 is 1.90 bits per heavy atom. The first kappa shape index (κ1) is 23.5. The number of carboxylic acid groups (broad SMARTS) is 1. The lowest BCUT2D eigenvalue weighted by atomic mass is 10.1. The van der Waals surface area contributed by atoms with Crippen LogP contribution in [0, 0.1) is 0 Å². The monoisotopic (exact) mass is 422 g/mol. The van der Waals surface area contributed by atoms with Crippen molar-refractivity contribution in [2.24, 2.45) is 0 Å². The van der Waals surface area contributed by atoms with E-state index in [1.54, 1.807) is 34.6 Å². The summed E-state index contributed by atoms with van der Waals surface area (Å²) in [4.78, 5) is 37.5. The van der Waals surface area contributed by atoms with Gasteiger partial charge in [-0.15, -0.1) is 0 Å². The van der Waals surface area contributed by atoms with Gasteiger partial charge in [-0.3, -0.25) is 4.90 Å². The summed E-state index contributed by atoms with van der Waals surface area (Å²) in [5.74, 6) is -1.22. The number of nitrogens with zero attached hydrogens (tertiary/aromatic N) is 1. The van der Waals surface area contributed by atoms with E-state index in [1.807, 2.05) is 30.3 Å². The second-order valence-corrected chi connectivity index (χ2v) is 8.61. The summed E-state index contributed by atoms with van der Waals surface area (Å²) in [6.07, 6.45) is -2.01. The van der Waals surface area contributed by atoms with Crippen LogP contribution >= 0.6 is 0 Å². The van der Waals surface area contributed by atoms with Crippen LogP contribution in [0.1, 0.15) is 46.6 Å². The van der Waals surface area contributed by atoms with Crippen molar-refractivity contribution in [1.82, 2.24) is 10.2 Å². The molecule has 2 rings (SSSR count). The Hall–Kier alpha value is -2.81. The van der Waals surface area contributed by atoms with Gasteiger partial charge in [-0.1, -0.05) is 30.3 Å². The summed E-state index contributed by atoms with van der Waals surface area (Å²) >= 11 is 0. The Labute approximate surface area is 176 Å². The van der Waals surface area contributed by atoms with Gasteiger partial charge in [0.15, 0.2) is 0 Å². The third-order valence-corrected chi connectivity index (χ3v) is 4.40. The fourth-order valence-corrected chi connectivity index (χ4v) is 3.08. The number of hydrogen-bond donors (Lipinski definition) is 2. The smallest absolute Gasteiger partial charge is 0.412 e. The molecule has 1 saturated heterocycles. The maximum Gasteiger partial charge on any atom is 0.412 e. The van der Waals surface area contributed by atoms with Gasteiger partial charge >= 0.3 is 18.2 Å². The van der Waals surface area contributed by atoms with Crippen molar-refractivity contribution in [2.45, 2.75) is 71.1 Å². The van der Waals surface area contributed by atoms with E-state index in [1.165, 1.54) is 4.90 Å². The van der Waals surface area contributed by atoms with Crippen molar-refractivity contribution < 1.29 is 33.7 Å². The quantitative estimate of drug-likeness (QED) is 0.724. The Morgan fingerprint density at radius 3 is 2.47 bits per heavy atom. The average molecular weight is 422 g/mol. The minimum absolute atomic E-state index is 0.0273. The SMILES string of the molecule is CC(C)(C)OC(=O)N[C@@H](C[C@@H]1CN(C(=O)OCc2ccccc2)C(C)(C)O1)C(=O)O. The predicted molar refractivity (Wildman–Crippen MR) is 108 cm³/mol. The Morgan fingerprint density at radius 1 is 1.27 bits per heavy atom. The normalized spacial score (nSPS) is 19.1. The van der Waals surface area contributed by atoms with Crippen molar-refractivity contribution in [3.05, 3.63) is 35.9 Å². The van der Waals surface area contributed by atoms with Gasteiger partial charge in [0.25, 0.3) is 0 Å². The summed E-state index contributed by atoms with van der Waals surface area (Å²) in [6, 6.07) is 8.05. The standard InChI is InChI=1S/C21H30N2O7/c1-20(2,3)30-18(26)22-16(17(24)25)11-15-12-23(21(4,5)29-15)19(27)28-13-14-9-7-6-8-10-14/h6-10,15-16H,11-13H2,1-5H3,(H,22,26)(H,24,25)/t15-,16+/m1/s1. The highest BCUT2D eigenvalue weighted by Gasteiger charge is 2.44. The van der Waals surface area contributed by atoms with E-state index in [9.17, 15) is 19.5 Å². The van der Waals surface area contributed by atoms with Crippen LogP contribution < -0.4 is 5.32 Å². The Bertz CT molecular complexity index is 758. The number of aliphatic carboxylic acids is 1. The second-order valence-electron chi connectivity index (χ2n) is 8.61. The van der Waals surface area contributed by atoms with E-state index in [-0.39, 0.29) is 19.6 Å². The number of carboxylic acids is 1. The van der Waals surface area contributed by atoms with E-state index in [0.717, 1.165) is 5.56 Å². The Balaban J connectivity index is 1.95. The zero-order valence-corrected chi connectivity index (χ0v) is 18.0. The van der Waals surface area contributed by atoms with E-state index in [4.69, 9.17) is 14.2 Å². The third kappa shape index (κ3) is 6.91. The molecule has 30 heavy (non-hydrogen) atoms. The van der Waals surface area contributed by atoms with Gasteiger partial charge < -0.3 is 24.6 Å². The number of nitrogens with one attached hydrogen (secondary N) is 1. The first-order valence-electron chi connectivity index (χ1n) is 9.76. The van der Waals surface area contributed by atoms with Gasteiger partial charge in [0, 0.05) is 6.42 Å². The number of carbonyl (C=O) groups is 3. The molecule has 2 amide bonds. The molecule has 2 atom stereocenters. The molecule has 0 aliphatic carbocycles. The summed E-state index contributed by atoms with van der Waals surface area (Å²) in [5, 5.41) is 11.8. The summed E-state index contributed by atoms with van der Waals surface area (Å²) in [5.41, 5.74) is -0.876. The molecule has 1 aliphatic heterocycles. The first-order valence-corrected chi connectivity index (χ1v) is 9.76. The molecule has 0 spiro atoms. The van der Waals surface area contributed by atoms with Crippen molar-refractivity contribution >= 4 is 18.2 Å². The number of alkyl carbamates (subject to hydrolysis) is 1. The maximum atomic E-state index is 12.6. The molecule has 166 valence electrons. The summed E-state index contributed by atoms with van der Waals surface area (Å²) < 4.78 is 16.4. The largest absolute Gasteiger partial charge is 0.480 e. The van der Waals surface area contributed by atoms with Crippen molar-refractivity contribution in [1.29, 1.82) is 0 Å². The topological polar surface area (TPSA) is 114 Å². The van der Waals surface area contributed by atoms with Crippen LogP contribution in [0.15, 0.2) is 30.3 Å². The molecule has 0 bridgehead atoms. The summed E-state index contributed by atoms with van der Waals surface area (Å²) in [6.45, 7) is 8.72. The fraction of sp³-hybridized carbons (Fsp3) is 0.571.